The summed E-state index contributed by atoms with van der Waals surface area (Å²) in [6.45, 7) is 4.39. The normalized spacial score (nSPS) is 27.7. The standard InChI is InChI=1S/C25H25N3O3S/c1-3-16-6-8-17(9-7-16)27-24(32)26-14-25-13-12-19(31-25)20-21(25)23(30)28(22(20)29)18-10-4-15(2)5-11-18/h4-13,19-21H,3,14H2,1-2H3,(H2,26,27,32)/t19-,20+,21-,25-/m1/s1. The summed E-state index contributed by atoms with van der Waals surface area (Å²) < 4.78 is 6.17. The Labute approximate surface area is 192 Å². The number of ether oxygens (including phenoxy) is 1. The summed E-state index contributed by atoms with van der Waals surface area (Å²) in [4.78, 5) is 27.9. The number of anilines is 2. The lowest BCUT2D eigenvalue weighted by atomic mass is 9.77. The van der Waals surface area contributed by atoms with Crippen molar-refractivity contribution in [1.82, 2.24) is 5.32 Å². The first-order chi connectivity index (χ1) is 15.4. The zero-order chi connectivity index (χ0) is 22.5. The van der Waals surface area contributed by atoms with Gasteiger partial charge in [0.15, 0.2) is 5.11 Å². The van der Waals surface area contributed by atoms with Crippen molar-refractivity contribution >= 4 is 40.5 Å². The van der Waals surface area contributed by atoms with E-state index in [1.165, 1.54) is 10.5 Å². The Morgan fingerprint density at radius 2 is 1.81 bits per heavy atom. The Morgan fingerprint density at radius 3 is 2.50 bits per heavy atom. The second-order valence-corrected chi connectivity index (χ2v) is 9.01. The first-order valence-electron chi connectivity index (χ1n) is 10.9. The predicted molar refractivity (Wildman–Crippen MR) is 127 cm³/mol. The van der Waals surface area contributed by atoms with Crippen LogP contribution in [-0.4, -0.2) is 35.2 Å². The fourth-order valence-electron chi connectivity index (χ4n) is 4.87. The van der Waals surface area contributed by atoms with Crippen molar-refractivity contribution in [3.63, 3.8) is 0 Å². The maximum absolute atomic E-state index is 13.4. The van der Waals surface area contributed by atoms with Gasteiger partial charge in [0.1, 0.15) is 5.60 Å². The molecule has 2 bridgehead atoms. The molecule has 2 aromatic carbocycles. The number of hydrogen-bond donors (Lipinski definition) is 2. The third-order valence-electron chi connectivity index (χ3n) is 6.59. The van der Waals surface area contributed by atoms with Crippen molar-refractivity contribution in [3.05, 3.63) is 71.8 Å². The van der Waals surface area contributed by atoms with Crippen molar-refractivity contribution in [1.29, 1.82) is 0 Å². The summed E-state index contributed by atoms with van der Waals surface area (Å²) in [6, 6.07) is 15.5. The Morgan fingerprint density at radius 1 is 1.09 bits per heavy atom. The summed E-state index contributed by atoms with van der Waals surface area (Å²) in [5, 5.41) is 6.81. The lowest BCUT2D eigenvalue weighted by molar-refractivity contribution is -0.126. The Kier molecular flexibility index (Phi) is 5.10. The SMILES string of the molecule is CCc1ccc(NC(=S)NC[C@@]23C=C[C@@H](O2)[C@@H]2C(=O)N(c4ccc(C)cc4)C(=O)[C@@H]23)cc1. The van der Waals surface area contributed by atoms with Crippen molar-refractivity contribution < 1.29 is 14.3 Å². The highest BCUT2D eigenvalue weighted by Gasteiger charge is 2.67. The van der Waals surface area contributed by atoms with Gasteiger partial charge in [0.2, 0.25) is 11.8 Å². The van der Waals surface area contributed by atoms with E-state index in [4.69, 9.17) is 17.0 Å². The van der Waals surface area contributed by atoms with Gasteiger partial charge in [-0.05, 0) is 55.4 Å². The number of hydrogen-bond acceptors (Lipinski definition) is 4. The molecule has 2 fully saturated rings. The highest BCUT2D eigenvalue weighted by molar-refractivity contribution is 7.80. The fourth-order valence-corrected chi connectivity index (χ4v) is 5.06. The summed E-state index contributed by atoms with van der Waals surface area (Å²) >= 11 is 5.46. The molecule has 7 heteroatoms. The van der Waals surface area contributed by atoms with Gasteiger partial charge in [-0.3, -0.25) is 9.59 Å². The molecule has 0 saturated carbocycles. The minimum Gasteiger partial charge on any atom is -0.360 e. The summed E-state index contributed by atoms with van der Waals surface area (Å²) in [5.41, 5.74) is 2.93. The van der Waals surface area contributed by atoms with Crippen LogP contribution in [0.3, 0.4) is 0 Å². The third kappa shape index (κ3) is 3.32. The molecule has 0 spiro atoms. The number of aryl methyl sites for hydroxylation is 2. The van der Waals surface area contributed by atoms with E-state index >= 15 is 0 Å². The van der Waals surface area contributed by atoms with Crippen molar-refractivity contribution in [2.45, 2.75) is 32.0 Å². The number of imide groups is 1. The number of amides is 2. The van der Waals surface area contributed by atoms with Crippen molar-refractivity contribution in [3.8, 4) is 0 Å². The molecule has 0 radical (unpaired) electrons. The molecule has 2 aromatic rings. The third-order valence-corrected chi connectivity index (χ3v) is 6.84. The van der Waals surface area contributed by atoms with E-state index in [0.29, 0.717) is 17.3 Å². The molecule has 2 amide bonds. The summed E-state index contributed by atoms with van der Waals surface area (Å²) in [5.74, 6) is -1.48. The number of carbonyl (C=O) groups excluding carboxylic acids is 2. The number of nitrogens with one attached hydrogen (secondary N) is 2. The number of carbonyl (C=O) groups is 2. The molecular formula is C25H25N3O3S. The van der Waals surface area contributed by atoms with Crippen LogP contribution >= 0.6 is 12.2 Å². The minimum atomic E-state index is -0.890. The van der Waals surface area contributed by atoms with E-state index in [-0.39, 0.29) is 11.8 Å². The topological polar surface area (TPSA) is 70.7 Å². The van der Waals surface area contributed by atoms with Crippen LogP contribution in [0.1, 0.15) is 18.1 Å². The van der Waals surface area contributed by atoms with Crippen molar-refractivity contribution in [2.75, 3.05) is 16.8 Å². The fraction of sp³-hybridized carbons (Fsp3) is 0.320. The quantitative estimate of drug-likeness (QED) is 0.416. The molecule has 0 aliphatic carbocycles. The first-order valence-corrected chi connectivity index (χ1v) is 11.3. The number of fused-ring (bicyclic) bond motifs is 5. The van der Waals surface area contributed by atoms with Gasteiger partial charge in [0, 0.05) is 5.69 Å². The van der Waals surface area contributed by atoms with E-state index in [0.717, 1.165) is 17.7 Å². The van der Waals surface area contributed by atoms with Crippen LogP contribution in [0.4, 0.5) is 11.4 Å². The maximum atomic E-state index is 13.4. The molecule has 2 N–H and O–H groups in total. The molecule has 3 aliphatic heterocycles. The first kappa shape index (κ1) is 20.8. The van der Waals surface area contributed by atoms with Gasteiger partial charge < -0.3 is 15.4 Å². The van der Waals surface area contributed by atoms with Crippen molar-refractivity contribution in [2.24, 2.45) is 11.8 Å². The highest BCUT2D eigenvalue weighted by Crippen LogP contribution is 2.52. The van der Waals surface area contributed by atoms with E-state index in [1.807, 2.05) is 55.5 Å². The maximum Gasteiger partial charge on any atom is 0.241 e. The largest absolute Gasteiger partial charge is 0.360 e. The second-order valence-electron chi connectivity index (χ2n) is 8.61. The monoisotopic (exact) mass is 447 g/mol. The zero-order valence-electron chi connectivity index (χ0n) is 18.0. The van der Waals surface area contributed by atoms with Crippen LogP contribution in [0, 0.1) is 18.8 Å². The lowest BCUT2D eigenvalue weighted by Gasteiger charge is -2.29. The van der Waals surface area contributed by atoms with Crippen LogP contribution in [0.2, 0.25) is 0 Å². The van der Waals surface area contributed by atoms with Gasteiger partial charge in [0.25, 0.3) is 0 Å². The second kappa shape index (κ2) is 7.83. The van der Waals surface area contributed by atoms with Gasteiger partial charge in [0.05, 0.1) is 30.2 Å². The minimum absolute atomic E-state index is 0.197. The van der Waals surface area contributed by atoms with Crippen LogP contribution in [0.5, 0.6) is 0 Å². The van der Waals surface area contributed by atoms with E-state index < -0.39 is 23.5 Å². The van der Waals surface area contributed by atoms with Crippen LogP contribution in [0.25, 0.3) is 0 Å². The Bertz CT molecular complexity index is 1110. The molecular weight excluding hydrogens is 422 g/mol. The zero-order valence-corrected chi connectivity index (χ0v) is 18.8. The van der Waals surface area contributed by atoms with Gasteiger partial charge in [-0.1, -0.05) is 48.9 Å². The molecule has 0 aromatic heterocycles. The van der Waals surface area contributed by atoms with Gasteiger partial charge in [-0.2, -0.15) is 0 Å². The van der Waals surface area contributed by atoms with E-state index in [2.05, 4.69) is 29.7 Å². The molecule has 0 unspecified atom stereocenters. The summed E-state index contributed by atoms with van der Waals surface area (Å²) in [7, 11) is 0. The molecule has 3 aliphatic rings. The molecule has 164 valence electrons. The molecule has 3 heterocycles. The number of benzene rings is 2. The van der Waals surface area contributed by atoms with Crippen LogP contribution in [-0.2, 0) is 20.7 Å². The average Bonchev–Trinajstić information content (AvgIpc) is 3.44. The van der Waals surface area contributed by atoms with E-state index in [9.17, 15) is 9.59 Å². The van der Waals surface area contributed by atoms with E-state index in [1.54, 1.807) is 0 Å². The number of rotatable bonds is 5. The summed E-state index contributed by atoms with van der Waals surface area (Å²) in [6.07, 6.45) is 4.39. The Balaban J connectivity index is 1.31. The van der Waals surface area contributed by atoms with Gasteiger partial charge in [-0.15, -0.1) is 0 Å². The Hall–Kier alpha value is -3.03. The molecule has 5 rings (SSSR count). The molecule has 6 nitrogen and oxygen atoms in total. The average molecular weight is 448 g/mol. The van der Waals surface area contributed by atoms with Gasteiger partial charge in [-0.25, -0.2) is 4.90 Å². The number of nitrogens with zero attached hydrogens (tertiary/aromatic N) is 1. The number of thiocarbonyl (C=S) groups is 1. The van der Waals surface area contributed by atoms with Crippen LogP contribution < -0.4 is 15.5 Å². The lowest BCUT2D eigenvalue weighted by Crippen LogP contribution is -2.49. The smallest absolute Gasteiger partial charge is 0.241 e. The molecule has 4 atom stereocenters. The molecule has 2 saturated heterocycles. The predicted octanol–water partition coefficient (Wildman–Crippen LogP) is 3.36. The van der Waals surface area contributed by atoms with Crippen LogP contribution in [0.15, 0.2) is 60.7 Å². The van der Waals surface area contributed by atoms with Gasteiger partial charge >= 0.3 is 0 Å². The highest BCUT2D eigenvalue weighted by atomic mass is 32.1. The molecule has 32 heavy (non-hydrogen) atoms.